The summed E-state index contributed by atoms with van der Waals surface area (Å²) in [6.07, 6.45) is 0. The van der Waals surface area contributed by atoms with Crippen molar-refractivity contribution in [3.8, 4) is 5.75 Å². The first-order valence-corrected chi connectivity index (χ1v) is 8.14. The zero-order valence-corrected chi connectivity index (χ0v) is 13.2. The average molecular weight is 315 g/mol. The van der Waals surface area contributed by atoms with Crippen LogP contribution in [0.4, 0.5) is 5.69 Å². The van der Waals surface area contributed by atoms with Crippen molar-refractivity contribution < 1.29 is 9.53 Å². The molecule has 2 rings (SSSR count). The minimum absolute atomic E-state index is 0.0260. The molecule has 4 nitrogen and oxygen atoms in total. The van der Waals surface area contributed by atoms with E-state index in [-0.39, 0.29) is 11.9 Å². The number of ether oxygens (including phenoxy) is 1. The fraction of sp³-hybridized carbons (Fsp3) is 0.500. The highest BCUT2D eigenvalue weighted by atomic mass is 35.5. The second kappa shape index (κ2) is 7.20. The smallest absolute Gasteiger partial charge is 0.242 e. The Balaban J connectivity index is 1.95. The number of halogens is 1. The van der Waals surface area contributed by atoms with Gasteiger partial charge in [0.1, 0.15) is 5.75 Å². The van der Waals surface area contributed by atoms with Gasteiger partial charge in [-0.05, 0) is 24.1 Å². The fourth-order valence-electron chi connectivity index (χ4n) is 1.75. The van der Waals surface area contributed by atoms with Gasteiger partial charge in [-0.2, -0.15) is 0 Å². The number of benzene rings is 1. The Hall–Kier alpha value is -0.910. The van der Waals surface area contributed by atoms with Crippen LogP contribution in [0.2, 0.25) is 5.02 Å². The summed E-state index contributed by atoms with van der Waals surface area (Å²) in [7, 11) is 0. The van der Waals surface area contributed by atoms with Gasteiger partial charge in [-0.1, -0.05) is 25.4 Å². The number of amides is 1. The van der Waals surface area contributed by atoms with Gasteiger partial charge in [0.05, 0.1) is 17.7 Å². The molecule has 1 fully saturated rings. The Morgan fingerprint density at radius 3 is 3.00 bits per heavy atom. The molecule has 1 unspecified atom stereocenters. The van der Waals surface area contributed by atoms with Crippen molar-refractivity contribution in [3.63, 3.8) is 0 Å². The minimum atomic E-state index is -0.129. The van der Waals surface area contributed by atoms with Gasteiger partial charge < -0.3 is 10.1 Å². The predicted molar refractivity (Wildman–Crippen MR) is 84.7 cm³/mol. The van der Waals surface area contributed by atoms with Crippen LogP contribution in [0.15, 0.2) is 18.2 Å². The van der Waals surface area contributed by atoms with Crippen molar-refractivity contribution in [1.82, 2.24) is 5.32 Å². The van der Waals surface area contributed by atoms with Gasteiger partial charge >= 0.3 is 0 Å². The zero-order chi connectivity index (χ0) is 14.5. The molecule has 1 aliphatic heterocycles. The Bertz CT molecular complexity index is 476. The van der Waals surface area contributed by atoms with Crippen LogP contribution in [0.1, 0.15) is 13.8 Å². The summed E-state index contributed by atoms with van der Waals surface area (Å²) in [5.74, 6) is 2.68. The summed E-state index contributed by atoms with van der Waals surface area (Å²) in [6, 6.07) is 5.19. The van der Waals surface area contributed by atoms with E-state index in [1.165, 1.54) is 0 Å². The monoisotopic (exact) mass is 314 g/mol. The average Bonchev–Trinajstić information content (AvgIpc) is 2.91. The second-order valence-electron chi connectivity index (χ2n) is 5.11. The lowest BCUT2D eigenvalue weighted by Gasteiger charge is -2.13. The van der Waals surface area contributed by atoms with E-state index in [4.69, 9.17) is 16.3 Å². The van der Waals surface area contributed by atoms with Crippen molar-refractivity contribution in [2.24, 2.45) is 5.92 Å². The molecule has 1 aromatic carbocycles. The number of nitrogens with one attached hydrogen (secondary N) is 2. The van der Waals surface area contributed by atoms with Gasteiger partial charge in [0.2, 0.25) is 5.91 Å². The van der Waals surface area contributed by atoms with Crippen LogP contribution >= 0.6 is 23.4 Å². The first kappa shape index (κ1) is 15.5. The molecule has 0 aromatic heterocycles. The molecule has 0 spiro atoms. The Labute approximate surface area is 128 Å². The van der Waals surface area contributed by atoms with Crippen LogP contribution in [-0.4, -0.2) is 30.2 Å². The van der Waals surface area contributed by atoms with Crippen LogP contribution in [0.3, 0.4) is 0 Å². The molecule has 1 aromatic rings. The lowest BCUT2D eigenvalue weighted by molar-refractivity contribution is -0.117. The molecule has 1 amide bonds. The molecular weight excluding hydrogens is 296 g/mol. The van der Waals surface area contributed by atoms with E-state index in [2.05, 4.69) is 24.5 Å². The van der Waals surface area contributed by atoms with Crippen molar-refractivity contribution >= 4 is 35.0 Å². The predicted octanol–water partition coefficient (Wildman–Crippen LogP) is 2.98. The third-order valence-corrected chi connectivity index (χ3v) is 4.04. The largest absolute Gasteiger partial charge is 0.492 e. The molecule has 1 saturated heterocycles. The van der Waals surface area contributed by atoms with Crippen LogP contribution < -0.4 is 15.4 Å². The van der Waals surface area contributed by atoms with Gasteiger partial charge in [0.25, 0.3) is 0 Å². The Morgan fingerprint density at radius 2 is 2.40 bits per heavy atom. The maximum absolute atomic E-state index is 12.0. The van der Waals surface area contributed by atoms with E-state index >= 15 is 0 Å². The maximum Gasteiger partial charge on any atom is 0.242 e. The molecule has 0 bridgehead atoms. The molecular formula is C14H19ClN2O2S. The van der Waals surface area contributed by atoms with E-state index in [0.717, 1.165) is 11.6 Å². The standard InChI is InChI=1S/C14H19ClN2O2S/c1-9(2)6-19-13-4-3-10(5-11(13)15)17-14(18)12-7-20-8-16-12/h3-5,9,12,16H,6-8H2,1-2H3,(H,17,18). The Morgan fingerprint density at radius 1 is 1.60 bits per heavy atom. The van der Waals surface area contributed by atoms with Crippen LogP contribution in [0, 0.1) is 5.92 Å². The fourth-order valence-corrected chi connectivity index (χ4v) is 2.92. The number of thioether (sulfide) groups is 1. The third kappa shape index (κ3) is 4.30. The summed E-state index contributed by atoms with van der Waals surface area (Å²) in [4.78, 5) is 12.0. The van der Waals surface area contributed by atoms with Gasteiger partial charge in [0.15, 0.2) is 0 Å². The molecule has 0 radical (unpaired) electrons. The highest BCUT2D eigenvalue weighted by molar-refractivity contribution is 7.99. The number of hydrogen-bond acceptors (Lipinski definition) is 4. The Kier molecular flexibility index (Phi) is 5.57. The normalized spacial score (nSPS) is 18.3. The summed E-state index contributed by atoms with van der Waals surface area (Å²) in [5, 5.41) is 6.50. The first-order valence-electron chi connectivity index (χ1n) is 6.60. The van der Waals surface area contributed by atoms with Gasteiger partial charge in [-0.15, -0.1) is 11.8 Å². The molecule has 2 N–H and O–H groups in total. The molecule has 6 heteroatoms. The van der Waals surface area contributed by atoms with Crippen molar-refractivity contribution in [2.45, 2.75) is 19.9 Å². The topological polar surface area (TPSA) is 50.4 Å². The zero-order valence-electron chi connectivity index (χ0n) is 11.6. The molecule has 20 heavy (non-hydrogen) atoms. The van der Waals surface area contributed by atoms with E-state index < -0.39 is 0 Å². The molecule has 110 valence electrons. The summed E-state index contributed by atoms with van der Waals surface area (Å²) in [6.45, 7) is 4.78. The molecule has 0 saturated carbocycles. The maximum atomic E-state index is 12.0. The SMILES string of the molecule is CC(C)COc1ccc(NC(=O)C2CSCN2)cc1Cl. The van der Waals surface area contributed by atoms with Gasteiger partial charge in [-0.3, -0.25) is 10.1 Å². The van der Waals surface area contributed by atoms with E-state index in [9.17, 15) is 4.79 Å². The van der Waals surface area contributed by atoms with Crippen LogP contribution in [0.5, 0.6) is 5.75 Å². The molecule has 1 heterocycles. The lowest BCUT2D eigenvalue weighted by atomic mass is 10.2. The lowest BCUT2D eigenvalue weighted by Crippen LogP contribution is -2.37. The summed E-state index contributed by atoms with van der Waals surface area (Å²) < 4.78 is 5.60. The first-order chi connectivity index (χ1) is 9.56. The highest BCUT2D eigenvalue weighted by Gasteiger charge is 2.22. The minimum Gasteiger partial charge on any atom is -0.492 e. The van der Waals surface area contributed by atoms with Crippen LogP contribution in [0.25, 0.3) is 0 Å². The van der Waals surface area contributed by atoms with Crippen molar-refractivity contribution in [1.29, 1.82) is 0 Å². The van der Waals surface area contributed by atoms with Crippen molar-refractivity contribution in [3.05, 3.63) is 23.2 Å². The molecule has 1 aliphatic rings. The summed E-state index contributed by atoms with van der Waals surface area (Å²) in [5.41, 5.74) is 0.690. The number of carbonyl (C=O) groups is 1. The third-order valence-electron chi connectivity index (χ3n) is 2.80. The van der Waals surface area contributed by atoms with E-state index in [1.807, 2.05) is 6.07 Å². The number of carbonyl (C=O) groups excluding carboxylic acids is 1. The number of anilines is 1. The van der Waals surface area contributed by atoms with Gasteiger partial charge in [-0.25, -0.2) is 0 Å². The highest BCUT2D eigenvalue weighted by Crippen LogP contribution is 2.28. The summed E-state index contributed by atoms with van der Waals surface area (Å²) >= 11 is 7.88. The number of hydrogen-bond donors (Lipinski definition) is 2. The molecule has 1 atom stereocenters. The number of rotatable bonds is 5. The second-order valence-corrected chi connectivity index (χ2v) is 6.55. The van der Waals surface area contributed by atoms with Crippen LogP contribution in [-0.2, 0) is 4.79 Å². The van der Waals surface area contributed by atoms with Gasteiger partial charge in [0, 0.05) is 17.3 Å². The quantitative estimate of drug-likeness (QED) is 0.877. The van der Waals surface area contributed by atoms with E-state index in [0.29, 0.717) is 29.0 Å². The molecule has 0 aliphatic carbocycles. The van der Waals surface area contributed by atoms with Crippen molar-refractivity contribution in [2.75, 3.05) is 23.6 Å². The van der Waals surface area contributed by atoms with E-state index in [1.54, 1.807) is 23.9 Å².